The van der Waals surface area contributed by atoms with E-state index in [0.717, 1.165) is 35.5 Å². The molecule has 1 aromatic heterocycles. The van der Waals surface area contributed by atoms with E-state index in [1.165, 1.54) is 23.1 Å². The van der Waals surface area contributed by atoms with E-state index in [9.17, 15) is 14.7 Å². The van der Waals surface area contributed by atoms with Crippen LogP contribution in [0.4, 0.5) is 4.79 Å². The van der Waals surface area contributed by atoms with Crippen molar-refractivity contribution >= 4 is 34.3 Å². The Kier molecular flexibility index (Phi) is 9.38. The molecule has 1 fully saturated rings. The maximum Gasteiger partial charge on any atom is 0.348 e. The fraction of sp³-hybridized carbons (Fsp3) is 0.440. The minimum atomic E-state index is -0.570. The molecule has 32 heavy (non-hydrogen) atoms. The number of benzene rings is 1. The lowest BCUT2D eigenvalue weighted by Gasteiger charge is -2.33. The second-order valence-electron chi connectivity index (χ2n) is 8.13. The molecule has 0 saturated carbocycles. The molecule has 1 saturated heterocycles. The number of aryl methyl sites for hydroxylation is 1. The lowest BCUT2D eigenvalue weighted by Crippen LogP contribution is -2.41. The van der Waals surface area contributed by atoms with Crippen molar-refractivity contribution < 1.29 is 19.4 Å². The largest absolute Gasteiger partial charge is 0.459 e. The van der Waals surface area contributed by atoms with Crippen molar-refractivity contribution in [1.82, 2.24) is 4.90 Å². The smallest absolute Gasteiger partial charge is 0.348 e. The Hall–Kier alpha value is -2.09. The lowest BCUT2D eigenvalue weighted by molar-refractivity contribution is 0.0384. The first-order valence-electron chi connectivity index (χ1n) is 11.1. The monoisotopic (exact) mass is 473 g/mol. The van der Waals surface area contributed by atoms with Crippen molar-refractivity contribution in [3.63, 3.8) is 0 Å². The average molecular weight is 474 g/mol. The van der Waals surface area contributed by atoms with Gasteiger partial charge in [0, 0.05) is 23.6 Å². The molecule has 7 heteroatoms. The fourth-order valence-electron chi connectivity index (χ4n) is 3.60. The third-order valence-electron chi connectivity index (χ3n) is 5.14. The van der Waals surface area contributed by atoms with Gasteiger partial charge in [-0.2, -0.15) is 0 Å². The van der Waals surface area contributed by atoms with E-state index < -0.39 is 6.10 Å². The Morgan fingerprint density at radius 3 is 2.78 bits per heavy atom. The number of rotatable bonds is 10. The summed E-state index contributed by atoms with van der Waals surface area (Å²) in [5.74, 6) is 0.517. The Labute approximate surface area is 198 Å². The van der Waals surface area contributed by atoms with Crippen LogP contribution in [-0.4, -0.2) is 51.8 Å². The zero-order chi connectivity index (χ0) is 22.9. The summed E-state index contributed by atoms with van der Waals surface area (Å²) in [5.41, 5.74) is 1.09. The van der Waals surface area contributed by atoms with Gasteiger partial charge in [-0.3, -0.25) is 4.79 Å². The number of thioether (sulfide) groups is 1. The Morgan fingerprint density at radius 1 is 1.25 bits per heavy atom. The first kappa shape index (κ1) is 24.6. The normalized spacial score (nSPS) is 17.8. The molecule has 1 aromatic carbocycles. The molecule has 0 aliphatic carbocycles. The van der Waals surface area contributed by atoms with Crippen LogP contribution in [-0.2, 0) is 17.6 Å². The van der Waals surface area contributed by atoms with Crippen molar-refractivity contribution in [3.8, 4) is 0 Å². The molecule has 2 aromatic rings. The predicted octanol–water partition coefficient (Wildman–Crippen LogP) is 5.33. The summed E-state index contributed by atoms with van der Waals surface area (Å²) in [4.78, 5) is 28.2. The SMILES string of the molecule is CC(C)OC(=O)c1ccc(CCCN2C(=O)SCC[C@@H]2/C=C/[C@@H](O)Cc2ccccc2)s1. The summed E-state index contributed by atoms with van der Waals surface area (Å²) in [6.45, 7) is 4.33. The third kappa shape index (κ3) is 7.50. The summed E-state index contributed by atoms with van der Waals surface area (Å²) in [6, 6.07) is 13.7. The highest BCUT2D eigenvalue weighted by Gasteiger charge is 2.26. The van der Waals surface area contributed by atoms with E-state index in [1.54, 1.807) is 0 Å². The van der Waals surface area contributed by atoms with Crippen molar-refractivity contribution in [3.05, 3.63) is 69.9 Å². The van der Waals surface area contributed by atoms with Gasteiger partial charge in [0.1, 0.15) is 4.88 Å². The molecule has 1 aliphatic rings. The molecule has 1 aliphatic heterocycles. The van der Waals surface area contributed by atoms with Gasteiger partial charge < -0.3 is 14.7 Å². The first-order chi connectivity index (χ1) is 15.4. The molecule has 5 nitrogen and oxygen atoms in total. The molecule has 0 spiro atoms. The highest BCUT2D eigenvalue weighted by Crippen LogP contribution is 2.25. The van der Waals surface area contributed by atoms with Crippen LogP contribution in [0.25, 0.3) is 0 Å². The number of esters is 1. The van der Waals surface area contributed by atoms with Gasteiger partial charge in [-0.25, -0.2) is 4.79 Å². The maximum absolute atomic E-state index is 12.5. The predicted molar refractivity (Wildman–Crippen MR) is 131 cm³/mol. The summed E-state index contributed by atoms with van der Waals surface area (Å²) < 4.78 is 5.25. The van der Waals surface area contributed by atoms with E-state index in [-0.39, 0.29) is 23.4 Å². The standard InChI is InChI=1S/C25H31NO4S2/c1-18(2)30-24(28)23-13-12-22(32-23)9-6-15-26-20(14-16-31-25(26)29)10-11-21(27)17-19-7-4-3-5-8-19/h3-5,7-8,10-13,18,20-21,27H,6,9,14-17H2,1-2H3/b11-10+/t20-,21+/m0/s1. The van der Waals surface area contributed by atoms with Crippen LogP contribution < -0.4 is 0 Å². The van der Waals surface area contributed by atoms with Gasteiger partial charge in [-0.05, 0) is 50.8 Å². The van der Waals surface area contributed by atoms with Gasteiger partial charge in [0.15, 0.2) is 0 Å². The van der Waals surface area contributed by atoms with E-state index >= 15 is 0 Å². The van der Waals surface area contributed by atoms with Gasteiger partial charge in [-0.1, -0.05) is 54.2 Å². The topological polar surface area (TPSA) is 66.8 Å². The zero-order valence-electron chi connectivity index (χ0n) is 18.6. The van der Waals surface area contributed by atoms with E-state index in [1.807, 2.05) is 73.4 Å². The molecule has 2 atom stereocenters. The van der Waals surface area contributed by atoms with Crippen LogP contribution in [0.2, 0.25) is 0 Å². The third-order valence-corrected chi connectivity index (χ3v) is 7.19. The van der Waals surface area contributed by atoms with E-state index in [2.05, 4.69) is 0 Å². The minimum Gasteiger partial charge on any atom is -0.459 e. The number of ether oxygens (including phenoxy) is 1. The molecule has 172 valence electrons. The van der Waals surface area contributed by atoms with Crippen molar-refractivity contribution in [2.45, 2.75) is 57.8 Å². The number of aliphatic hydroxyl groups excluding tert-OH is 1. The molecular weight excluding hydrogens is 442 g/mol. The molecular formula is C25H31NO4S2. The number of carbonyl (C=O) groups is 2. The number of amides is 1. The second-order valence-corrected chi connectivity index (χ2v) is 10.3. The van der Waals surface area contributed by atoms with Crippen LogP contribution in [0.5, 0.6) is 0 Å². The zero-order valence-corrected chi connectivity index (χ0v) is 20.2. The van der Waals surface area contributed by atoms with Crippen LogP contribution in [0.15, 0.2) is 54.6 Å². The number of thiophene rings is 1. The van der Waals surface area contributed by atoms with Crippen LogP contribution in [0.3, 0.4) is 0 Å². The summed E-state index contributed by atoms with van der Waals surface area (Å²) >= 11 is 2.81. The van der Waals surface area contributed by atoms with Crippen LogP contribution in [0.1, 0.15) is 46.8 Å². The highest BCUT2D eigenvalue weighted by molar-refractivity contribution is 8.13. The molecule has 2 heterocycles. The van der Waals surface area contributed by atoms with E-state index in [0.29, 0.717) is 17.8 Å². The van der Waals surface area contributed by atoms with Crippen LogP contribution >= 0.6 is 23.1 Å². The average Bonchev–Trinajstić information content (AvgIpc) is 3.23. The van der Waals surface area contributed by atoms with Gasteiger partial charge in [0.25, 0.3) is 5.24 Å². The van der Waals surface area contributed by atoms with Crippen molar-refractivity contribution in [2.24, 2.45) is 0 Å². The fourth-order valence-corrected chi connectivity index (χ4v) is 5.46. The van der Waals surface area contributed by atoms with Gasteiger partial charge >= 0.3 is 5.97 Å². The maximum atomic E-state index is 12.5. The molecule has 0 radical (unpaired) electrons. The number of hydrogen-bond acceptors (Lipinski definition) is 6. The summed E-state index contributed by atoms with van der Waals surface area (Å²) in [7, 11) is 0. The molecule has 1 N–H and O–H groups in total. The van der Waals surface area contributed by atoms with Gasteiger partial charge in [-0.15, -0.1) is 11.3 Å². The Balaban J connectivity index is 1.51. The minimum absolute atomic E-state index is 0.00842. The molecule has 0 unspecified atom stereocenters. The van der Waals surface area contributed by atoms with E-state index in [4.69, 9.17) is 4.74 Å². The Bertz CT molecular complexity index is 910. The number of carbonyl (C=O) groups excluding carboxylic acids is 2. The molecule has 3 rings (SSSR count). The highest BCUT2D eigenvalue weighted by atomic mass is 32.2. The summed E-state index contributed by atoms with van der Waals surface area (Å²) in [6.07, 6.45) is 6.17. The number of aliphatic hydroxyl groups is 1. The Morgan fingerprint density at radius 2 is 2.03 bits per heavy atom. The van der Waals surface area contributed by atoms with Gasteiger partial charge in [0.05, 0.1) is 18.2 Å². The van der Waals surface area contributed by atoms with Crippen molar-refractivity contribution in [1.29, 1.82) is 0 Å². The quantitative estimate of drug-likeness (QED) is 0.373. The van der Waals surface area contributed by atoms with Crippen molar-refractivity contribution in [2.75, 3.05) is 12.3 Å². The molecule has 1 amide bonds. The first-order valence-corrected chi connectivity index (χ1v) is 12.9. The molecule has 0 bridgehead atoms. The van der Waals surface area contributed by atoms with Gasteiger partial charge in [0.2, 0.25) is 0 Å². The number of hydrogen-bond donors (Lipinski definition) is 1. The summed E-state index contributed by atoms with van der Waals surface area (Å²) in [5, 5.41) is 10.5. The van der Waals surface area contributed by atoms with Crippen LogP contribution in [0, 0.1) is 0 Å². The second kappa shape index (κ2) is 12.2. The number of nitrogens with zero attached hydrogens (tertiary/aromatic N) is 1. The lowest BCUT2D eigenvalue weighted by atomic mass is 10.1.